The van der Waals surface area contributed by atoms with Gasteiger partial charge in [0.05, 0.1) is 0 Å². The summed E-state index contributed by atoms with van der Waals surface area (Å²) in [6, 6.07) is 0.0904. The van der Waals surface area contributed by atoms with Crippen molar-refractivity contribution in [3.05, 3.63) is 0 Å². The van der Waals surface area contributed by atoms with E-state index in [1.807, 2.05) is 13.8 Å². The lowest BCUT2D eigenvalue weighted by Crippen LogP contribution is -2.37. The lowest BCUT2D eigenvalue weighted by atomic mass is 10.2. The van der Waals surface area contributed by atoms with Crippen LogP contribution >= 0.6 is 0 Å². The first-order valence-electron chi connectivity index (χ1n) is 4.77. The largest absolute Gasteiger partial charge is 0.474 e. The third-order valence-electron chi connectivity index (χ3n) is 1.85. The predicted octanol–water partition coefficient (Wildman–Crippen LogP) is -0.508. The van der Waals surface area contributed by atoms with Gasteiger partial charge in [-0.3, -0.25) is 9.59 Å². The Morgan fingerprint density at radius 1 is 1.33 bits per heavy atom. The first kappa shape index (κ1) is 13.4. The Balaban J connectivity index is 3.64. The number of rotatable bonds is 5. The SMILES string of the molecule is CCC(C)NC(=O)CCNC(=O)C(=O)O. The summed E-state index contributed by atoms with van der Waals surface area (Å²) in [6.07, 6.45) is 0.913. The summed E-state index contributed by atoms with van der Waals surface area (Å²) in [6.45, 7) is 3.85. The molecular weight excluding hydrogens is 200 g/mol. The van der Waals surface area contributed by atoms with Crippen molar-refractivity contribution >= 4 is 17.8 Å². The summed E-state index contributed by atoms with van der Waals surface area (Å²) in [5.41, 5.74) is 0. The van der Waals surface area contributed by atoms with Gasteiger partial charge in [0.2, 0.25) is 5.91 Å². The minimum atomic E-state index is -1.54. The molecule has 2 amide bonds. The molecule has 0 fully saturated rings. The van der Waals surface area contributed by atoms with Crippen LogP contribution in [0.2, 0.25) is 0 Å². The van der Waals surface area contributed by atoms with Gasteiger partial charge in [0, 0.05) is 19.0 Å². The van der Waals surface area contributed by atoms with Crippen molar-refractivity contribution < 1.29 is 19.5 Å². The van der Waals surface area contributed by atoms with Crippen LogP contribution in [0.25, 0.3) is 0 Å². The van der Waals surface area contributed by atoms with Crippen LogP contribution in [0.1, 0.15) is 26.7 Å². The standard InChI is InChI=1S/C9H16N2O4/c1-3-6(2)11-7(12)4-5-10-8(13)9(14)15/h6H,3-5H2,1-2H3,(H,10,13)(H,11,12)(H,14,15). The van der Waals surface area contributed by atoms with E-state index in [9.17, 15) is 14.4 Å². The van der Waals surface area contributed by atoms with E-state index in [-0.39, 0.29) is 24.9 Å². The van der Waals surface area contributed by atoms with E-state index in [1.54, 1.807) is 0 Å². The van der Waals surface area contributed by atoms with Gasteiger partial charge in [0.25, 0.3) is 0 Å². The minimum Gasteiger partial charge on any atom is -0.474 e. The lowest BCUT2D eigenvalue weighted by molar-refractivity contribution is -0.150. The molecule has 1 unspecified atom stereocenters. The van der Waals surface area contributed by atoms with Gasteiger partial charge in [0.1, 0.15) is 0 Å². The summed E-state index contributed by atoms with van der Waals surface area (Å²) < 4.78 is 0. The second kappa shape index (κ2) is 6.80. The van der Waals surface area contributed by atoms with Crippen LogP contribution < -0.4 is 10.6 Å². The first-order valence-corrected chi connectivity index (χ1v) is 4.77. The summed E-state index contributed by atoms with van der Waals surface area (Å²) in [4.78, 5) is 31.8. The van der Waals surface area contributed by atoms with E-state index in [4.69, 9.17) is 5.11 Å². The van der Waals surface area contributed by atoms with Gasteiger partial charge >= 0.3 is 11.9 Å². The van der Waals surface area contributed by atoms with E-state index < -0.39 is 11.9 Å². The molecule has 6 heteroatoms. The van der Waals surface area contributed by atoms with Crippen LogP contribution in [-0.4, -0.2) is 35.5 Å². The zero-order valence-corrected chi connectivity index (χ0v) is 8.87. The monoisotopic (exact) mass is 216 g/mol. The van der Waals surface area contributed by atoms with Gasteiger partial charge < -0.3 is 15.7 Å². The number of hydrogen-bond donors (Lipinski definition) is 3. The van der Waals surface area contributed by atoms with Crippen LogP contribution in [0, 0.1) is 0 Å². The van der Waals surface area contributed by atoms with E-state index in [1.165, 1.54) is 0 Å². The fourth-order valence-electron chi connectivity index (χ4n) is 0.814. The third kappa shape index (κ3) is 6.48. The number of carboxylic acids is 1. The Kier molecular flexibility index (Phi) is 6.08. The highest BCUT2D eigenvalue weighted by Crippen LogP contribution is 1.88. The molecule has 0 spiro atoms. The van der Waals surface area contributed by atoms with Crippen LogP contribution in [0.5, 0.6) is 0 Å². The van der Waals surface area contributed by atoms with Crippen LogP contribution in [0.4, 0.5) is 0 Å². The number of nitrogens with one attached hydrogen (secondary N) is 2. The molecule has 0 aliphatic carbocycles. The molecule has 6 nitrogen and oxygen atoms in total. The Morgan fingerprint density at radius 3 is 2.40 bits per heavy atom. The van der Waals surface area contributed by atoms with Crippen molar-refractivity contribution in [1.29, 1.82) is 0 Å². The molecule has 0 aromatic carbocycles. The van der Waals surface area contributed by atoms with Crippen molar-refractivity contribution in [3.8, 4) is 0 Å². The first-order chi connectivity index (χ1) is 6.97. The molecule has 0 aliphatic heterocycles. The maximum Gasteiger partial charge on any atom is 0.394 e. The number of carbonyl (C=O) groups is 3. The second-order valence-electron chi connectivity index (χ2n) is 3.19. The molecule has 15 heavy (non-hydrogen) atoms. The highest BCUT2D eigenvalue weighted by atomic mass is 16.4. The molecule has 0 bridgehead atoms. The van der Waals surface area contributed by atoms with Gasteiger partial charge in [-0.15, -0.1) is 0 Å². The summed E-state index contributed by atoms with van der Waals surface area (Å²) >= 11 is 0. The predicted molar refractivity (Wildman–Crippen MR) is 53.2 cm³/mol. The number of amides is 2. The third-order valence-corrected chi connectivity index (χ3v) is 1.85. The summed E-state index contributed by atoms with van der Waals surface area (Å²) in [5, 5.41) is 13.0. The van der Waals surface area contributed by atoms with Crippen molar-refractivity contribution in [1.82, 2.24) is 10.6 Å². The summed E-state index contributed by atoms with van der Waals surface area (Å²) in [7, 11) is 0. The van der Waals surface area contributed by atoms with Gasteiger partial charge in [-0.1, -0.05) is 6.92 Å². The Hall–Kier alpha value is -1.59. The van der Waals surface area contributed by atoms with Gasteiger partial charge in [0.15, 0.2) is 0 Å². The molecule has 0 heterocycles. The maximum atomic E-state index is 11.2. The quantitative estimate of drug-likeness (QED) is 0.539. The molecule has 0 aromatic heterocycles. The molecule has 0 radical (unpaired) electrons. The highest BCUT2D eigenvalue weighted by Gasteiger charge is 2.11. The number of hydrogen-bond acceptors (Lipinski definition) is 3. The molecular formula is C9H16N2O4. The van der Waals surface area contributed by atoms with E-state index in [2.05, 4.69) is 10.6 Å². The van der Waals surface area contributed by atoms with E-state index in [0.29, 0.717) is 0 Å². The molecule has 0 rings (SSSR count). The average molecular weight is 216 g/mol. The van der Waals surface area contributed by atoms with Crippen LogP contribution in [-0.2, 0) is 14.4 Å². The van der Waals surface area contributed by atoms with Gasteiger partial charge in [-0.2, -0.15) is 0 Å². The van der Waals surface area contributed by atoms with Crippen molar-refractivity contribution in [2.24, 2.45) is 0 Å². The van der Waals surface area contributed by atoms with Crippen molar-refractivity contribution in [3.63, 3.8) is 0 Å². The number of carboxylic acid groups (broad SMARTS) is 1. The fourth-order valence-corrected chi connectivity index (χ4v) is 0.814. The Morgan fingerprint density at radius 2 is 1.93 bits per heavy atom. The van der Waals surface area contributed by atoms with Crippen LogP contribution in [0.3, 0.4) is 0 Å². The molecule has 0 saturated carbocycles. The topological polar surface area (TPSA) is 95.5 Å². The van der Waals surface area contributed by atoms with Gasteiger partial charge in [-0.25, -0.2) is 4.79 Å². The smallest absolute Gasteiger partial charge is 0.394 e. The van der Waals surface area contributed by atoms with Crippen molar-refractivity contribution in [2.45, 2.75) is 32.7 Å². The molecule has 1 atom stereocenters. The maximum absolute atomic E-state index is 11.2. The minimum absolute atomic E-state index is 0.0351. The zero-order valence-electron chi connectivity index (χ0n) is 8.87. The molecule has 0 aliphatic rings. The van der Waals surface area contributed by atoms with Crippen molar-refractivity contribution in [2.75, 3.05) is 6.54 Å². The Bertz CT molecular complexity index is 252. The second-order valence-corrected chi connectivity index (χ2v) is 3.19. The molecule has 86 valence electrons. The van der Waals surface area contributed by atoms with E-state index >= 15 is 0 Å². The summed E-state index contributed by atoms with van der Waals surface area (Å²) in [5.74, 6) is -2.83. The van der Waals surface area contributed by atoms with Gasteiger partial charge in [-0.05, 0) is 13.3 Å². The normalized spacial score (nSPS) is 11.6. The number of carbonyl (C=O) groups excluding carboxylic acids is 2. The molecule has 0 aromatic rings. The van der Waals surface area contributed by atoms with E-state index in [0.717, 1.165) is 6.42 Å². The van der Waals surface area contributed by atoms with Crippen LogP contribution in [0.15, 0.2) is 0 Å². The Labute approximate surface area is 88.0 Å². The molecule has 3 N–H and O–H groups in total. The fraction of sp³-hybridized carbons (Fsp3) is 0.667. The average Bonchev–Trinajstić information content (AvgIpc) is 2.17. The lowest BCUT2D eigenvalue weighted by Gasteiger charge is -2.10. The number of aliphatic carboxylic acids is 1. The highest BCUT2D eigenvalue weighted by molar-refractivity contribution is 6.31. The zero-order chi connectivity index (χ0) is 11.8. The molecule has 0 saturated heterocycles.